The molecular formula is C18H14ClF2N5O2. The summed E-state index contributed by atoms with van der Waals surface area (Å²) in [6, 6.07) is 7.96. The minimum atomic E-state index is -0.685. The van der Waals surface area contributed by atoms with Gasteiger partial charge in [-0.15, -0.1) is 0 Å². The minimum absolute atomic E-state index is 0.0548. The zero-order chi connectivity index (χ0) is 20.1. The highest BCUT2D eigenvalue weighted by atomic mass is 35.5. The first-order valence-corrected chi connectivity index (χ1v) is 8.26. The largest absolute Gasteiger partial charge is 0.487 e. The third kappa shape index (κ3) is 4.63. The number of anilines is 3. The van der Waals surface area contributed by atoms with E-state index in [0.29, 0.717) is 28.4 Å². The summed E-state index contributed by atoms with van der Waals surface area (Å²) in [6.07, 6.45) is 2.36. The molecule has 0 aliphatic heterocycles. The molecule has 0 aliphatic carbocycles. The van der Waals surface area contributed by atoms with Gasteiger partial charge in [0.15, 0.2) is 0 Å². The lowest BCUT2D eigenvalue weighted by molar-refractivity contribution is 0.305. The van der Waals surface area contributed by atoms with Gasteiger partial charge in [-0.1, -0.05) is 16.8 Å². The van der Waals surface area contributed by atoms with E-state index in [1.165, 1.54) is 18.5 Å². The number of nitrogen functional groups attached to an aromatic ring is 1. The number of oxime groups is 1. The van der Waals surface area contributed by atoms with Crippen LogP contribution in [0.25, 0.3) is 0 Å². The van der Waals surface area contributed by atoms with Gasteiger partial charge >= 0.3 is 0 Å². The van der Waals surface area contributed by atoms with Crippen LogP contribution in [-0.2, 0) is 6.61 Å². The zero-order valence-corrected chi connectivity index (χ0v) is 15.0. The molecule has 0 atom stereocenters. The second kappa shape index (κ2) is 8.49. The van der Waals surface area contributed by atoms with Crippen LogP contribution < -0.4 is 15.8 Å². The van der Waals surface area contributed by atoms with Gasteiger partial charge in [-0.05, 0) is 35.9 Å². The molecule has 0 spiro atoms. The number of ether oxygens (including phenoxy) is 1. The van der Waals surface area contributed by atoms with Crippen molar-refractivity contribution in [2.24, 2.45) is 5.16 Å². The number of hydrogen-bond donors (Lipinski definition) is 3. The van der Waals surface area contributed by atoms with Crippen molar-refractivity contribution >= 4 is 35.1 Å². The molecule has 144 valence electrons. The summed E-state index contributed by atoms with van der Waals surface area (Å²) in [5.74, 6) is -0.601. The van der Waals surface area contributed by atoms with Crippen LogP contribution >= 0.6 is 11.6 Å². The highest BCUT2D eigenvalue weighted by molar-refractivity contribution is 6.32. The second-order valence-electron chi connectivity index (χ2n) is 5.60. The van der Waals surface area contributed by atoms with Crippen molar-refractivity contribution in [1.82, 2.24) is 9.97 Å². The molecule has 0 amide bonds. The molecule has 2 aromatic carbocycles. The van der Waals surface area contributed by atoms with Crippen LogP contribution in [-0.4, -0.2) is 21.4 Å². The molecule has 10 heteroatoms. The maximum absolute atomic E-state index is 13.2. The molecule has 3 rings (SSSR count). The number of hydrogen-bond acceptors (Lipinski definition) is 7. The van der Waals surface area contributed by atoms with Crippen molar-refractivity contribution < 1.29 is 18.7 Å². The van der Waals surface area contributed by atoms with Crippen molar-refractivity contribution in [3.8, 4) is 5.75 Å². The summed E-state index contributed by atoms with van der Waals surface area (Å²) < 4.78 is 32.0. The highest BCUT2D eigenvalue weighted by Gasteiger charge is 2.10. The summed E-state index contributed by atoms with van der Waals surface area (Å²) >= 11 is 6.22. The Morgan fingerprint density at radius 3 is 2.61 bits per heavy atom. The average Bonchev–Trinajstić information content (AvgIpc) is 2.63. The Bertz CT molecular complexity index is 1010. The van der Waals surface area contributed by atoms with Gasteiger partial charge in [0, 0.05) is 11.8 Å². The molecule has 0 unspecified atom stereocenters. The van der Waals surface area contributed by atoms with Crippen molar-refractivity contribution in [2.45, 2.75) is 6.61 Å². The first-order chi connectivity index (χ1) is 13.5. The molecule has 7 nitrogen and oxygen atoms in total. The highest BCUT2D eigenvalue weighted by Crippen LogP contribution is 2.30. The summed E-state index contributed by atoms with van der Waals surface area (Å²) in [5, 5.41) is 14.9. The topological polar surface area (TPSA) is 106 Å². The van der Waals surface area contributed by atoms with Gasteiger partial charge in [0.05, 0.1) is 16.8 Å². The molecule has 0 fully saturated rings. The lowest BCUT2D eigenvalue weighted by atomic mass is 10.2. The Balaban J connectivity index is 1.75. The van der Waals surface area contributed by atoms with E-state index in [0.717, 1.165) is 12.3 Å². The predicted molar refractivity (Wildman–Crippen MR) is 101 cm³/mol. The lowest BCUT2D eigenvalue weighted by Crippen LogP contribution is -2.05. The van der Waals surface area contributed by atoms with E-state index in [4.69, 9.17) is 27.3 Å². The van der Waals surface area contributed by atoms with Crippen molar-refractivity contribution in [3.63, 3.8) is 0 Å². The maximum atomic E-state index is 13.2. The first kappa shape index (κ1) is 19.3. The maximum Gasteiger partial charge on any atom is 0.144 e. The number of benzene rings is 2. The van der Waals surface area contributed by atoms with E-state index in [1.807, 2.05) is 0 Å². The van der Waals surface area contributed by atoms with Crippen molar-refractivity contribution in [2.75, 3.05) is 11.1 Å². The number of nitrogens with two attached hydrogens (primary N) is 1. The van der Waals surface area contributed by atoms with Gasteiger partial charge < -0.3 is 21.0 Å². The predicted octanol–water partition coefficient (Wildman–Crippen LogP) is 4.12. The van der Waals surface area contributed by atoms with Gasteiger partial charge in [0.2, 0.25) is 0 Å². The first-order valence-electron chi connectivity index (χ1n) is 7.88. The number of rotatable bonds is 6. The molecule has 0 aliphatic rings. The van der Waals surface area contributed by atoms with Crippen LogP contribution in [0.2, 0.25) is 5.02 Å². The molecule has 1 heterocycles. The summed E-state index contributed by atoms with van der Waals surface area (Å²) in [5.41, 5.74) is 6.93. The van der Waals surface area contributed by atoms with Crippen LogP contribution in [0, 0.1) is 11.6 Å². The van der Waals surface area contributed by atoms with Crippen molar-refractivity contribution in [1.29, 1.82) is 0 Å². The fourth-order valence-corrected chi connectivity index (χ4v) is 2.62. The Kier molecular flexibility index (Phi) is 5.85. The Hall–Kier alpha value is -3.46. The summed E-state index contributed by atoms with van der Waals surface area (Å²) in [6.45, 7) is -0.0548. The third-order valence-corrected chi connectivity index (χ3v) is 3.91. The number of nitrogens with zero attached hydrogens (tertiary/aromatic N) is 3. The van der Waals surface area contributed by atoms with Crippen LogP contribution in [0.3, 0.4) is 0 Å². The molecule has 3 aromatic rings. The normalized spacial score (nSPS) is 11.0. The van der Waals surface area contributed by atoms with Crippen LogP contribution in [0.15, 0.2) is 47.9 Å². The number of halogens is 3. The fraction of sp³-hybridized carbons (Fsp3) is 0.0556. The minimum Gasteiger partial charge on any atom is -0.487 e. The van der Waals surface area contributed by atoms with E-state index in [-0.39, 0.29) is 17.4 Å². The van der Waals surface area contributed by atoms with Crippen LogP contribution in [0.1, 0.15) is 11.1 Å². The van der Waals surface area contributed by atoms with Gasteiger partial charge in [-0.2, -0.15) is 0 Å². The Morgan fingerprint density at radius 1 is 1.18 bits per heavy atom. The molecule has 0 saturated carbocycles. The summed E-state index contributed by atoms with van der Waals surface area (Å²) in [4.78, 5) is 7.87. The number of aromatic nitrogens is 2. The molecule has 28 heavy (non-hydrogen) atoms. The molecular weight excluding hydrogens is 392 g/mol. The van der Waals surface area contributed by atoms with Crippen LogP contribution in [0.4, 0.5) is 26.1 Å². The van der Waals surface area contributed by atoms with Crippen molar-refractivity contribution in [3.05, 3.63) is 70.5 Å². The smallest absolute Gasteiger partial charge is 0.144 e. The quantitative estimate of drug-likeness (QED) is 0.323. The van der Waals surface area contributed by atoms with Gasteiger partial charge in [0.25, 0.3) is 0 Å². The third-order valence-electron chi connectivity index (χ3n) is 3.61. The second-order valence-corrected chi connectivity index (χ2v) is 6.01. The van der Waals surface area contributed by atoms with E-state index in [1.54, 1.807) is 18.2 Å². The lowest BCUT2D eigenvalue weighted by Gasteiger charge is -2.12. The molecule has 4 N–H and O–H groups in total. The van der Waals surface area contributed by atoms with E-state index in [9.17, 15) is 8.78 Å². The van der Waals surface area contributed by atoms with Gasteiger partial charge in [-0.3, -0.25) is 0 Å². The van der Waals surface area contributed by atoms with Gasteiger partial charge in [-0.25, -0.2) is 18.7 Å². The van der Waals surface area contributed by atoms with E-state index < -0.39 is 11.6 Å². The van der Waals surface area contributed by atoms with E-state index in [2.05, 4.69) is 20.4 Å². The molecule has 1 aromatic heterocycles. The van der Waals surface area contributed by atoms with Gasteiger partial charge in [0.1, 0.15) is 42.0 Å². The molecule has 0 saturated heterocycles. The standard InChI is InChI=1S/C18H14ClF2N5O2/c19-15-6-13(26-18-14(7-25-27)17(22)23-9-24-18)1-2-16(15)28-8-10-3-11(20)5-12(21)4-10/h1-7,9,27H,8H2,(H3,22,23,24,26). The molecule has 0 bridgehead atoms. The monoisotopic (exact) mass is 405 g/mol. The SMILES string of the molecule is Nc1ncnc(Nc2ccc(OCc3cc(F)cc(F)c3)c(Cl)c2)c1C=NO. The average molecular weight is 406 g/mol. The van der Waals surface area contributed by atoms with E-state index >= 15 is 0 Å². The Morgan fingerprint density at radius 2 is 1.93 bits per heavy atom. The fourth-order valence-electron chi connectivity index (χ4n) is 2.38. The zero-order valence-electron chi connectivity index (χ0n) is 14.2. The number of nitrogens with one attached hydrogen (secondary N) is 1. The summed E-state index contributed by atoms with van der Waals surface area (Å²) in [7, 11) is 0. The molecule has 0 radical (unpaired) electrons. The van der Waals surface area contributed by atoms with Crippen LogP contribution in [0.5, 0.6) is 5.75 Å². The Labute approximate surface area is 163 Å².